The molecule has 2 aromatic carbocycles. The maximum absolute atomic E-state index is 9.76. The van der Waals surface area contributed by atoms with Crippen molar-refractivity contribution in [2.45, 2.75) is 20.0 Å². The third-order valence-corrected chi connectivity index (χ3v) is 5.88. The fraction of sp³-hybridized carbons (Fsp3) is 0.182. The summed E-state index contributed by atoms with van der Waals surface area (Å²) in [7, 11) is 1.64. The predicted octanol–water partition coefficient (Wildman–Crippen LogP) is 5.13. The minimum absolute atomic E-state index is 0.0511. The highest BCUT2D eigenvalue weighted by Crippen LogP contribution is 2.31. The largest absolute Gasteiger partial charge is 0.494 e. The molecule has 4 rings (SSSR count). The molecule has 2 heterocycles. The van der Waals surface area contributed by atoms with Gasteiger partial charge in [0.1, 0.15) is 5.75 Å². The van der Waals surface area contributed by atoms with E-state index in [9.17, 15) is 5.11 Å². The van der Waals surface area contributed by atoms with Gasteiger partial charge in [0.05, 0.1) is 42.0 Å². The first kappa shape index (κ1) is 20.4. The van der Waals surface area contributed by atoms with Gasteiger partial charge in [-0.3, -0.25) is 0 Å². The molecule has 0 amide bonds. The quantitative estimate of drug-likeness (QED) is 0.417. The fourth-order valence-electron chi connectivity index (χ4n) is 3.14. The summed E-state index contributed by atoms with van der Waals surface area (Å²) in [6.07, 6.45) is 4.34. The van der Waals surface area contributed by atoms with Gasteiger partial charge in [-0.1, -0.05) is 35.1 Å². The van der Waals surface area contributed by atoms with Crippen molar-refractivity contribution in [1.29, 1.82) is 0 Å². The van der Waals surface area contributed by atoms with E-state index in [-0.39, 0.29) is 6.61 Å². The molecule has 0 aliphatic rings. The van der Waals surface area contributed by atoms with Crippen LogP contribution in [-0.4, -0.2) is 26.8 Å². The summed E-state index contributed by atoms with van der Waals surface area (Å²) < 4.78 is 7.50. The lowest BCUT2D eigenvalue weighted by atomic mass is 10.1. The van der Waals surface area contributed by atoms with E-state index in [1.165, 1.54) is 11.3 Å². The van der Waals surface area contributed by atoms with Gasteiger partial charge < -0.3 is 19.7 Å². The summed E-state index contributed by atoms with van der Waals surface area (Å²) in [5.74, 6) is 0.720. The van der Waals surface area contributed by atoms with Gasteiger partial charge in [-0.2, -0.15) is 0 Å². The van der Waals surface area contributed by atoms with Gasteiger partial charge in [-0.05, 0) is 36.8 Å². The van der Waals surface area contributed by atoms with Gasteiger partial charge in [-0.25, -0.2) is 9.97 Å². The Kier molecular flexibility index (Phi) is 6.03. The molecule has 0 unspecified atom stereocenters. The molecular weight excluding hydrogens is 420 g/mol. The molecule has 154 valence electrons. The predicted molar refractivity (Wildman–Crippen MR) is 120 cm³/mol. The molecule has 0 bridgehead atoms. The number of halogens is 1. The minimum Gasteiger partial charge on any atom is -0.494 e. The molecular formula is C22H21ClN4O2S. The number of nitrogens with zero attached hydrogens (tertiary/aromatic N) is 3. The third kappa shape index (κ3) is 4.48. The monoisotopic (exact) mass is 440 g/mol. The normalized spacial score (nSPS) is 10.9. The van der Waals surface area contributed by atoms with Gasteiger partial charge >= 0.3 is 0 Å². The van der Waals surface area contributed by atoms with E-state index in [0.717, 1.165) is 44.1 Å². The van der Waals surface area contributed by atoms with Crippen LogP contribution < -0.4 is 10.1 Å². The lowest BCUT2D eigenvalue weighted by molar-refractivity contribution is 0.284. The van der Waals surface area contributed by atoms with Crippen LogP contribution in [0, 0.1) is 6.92 Å². The maximum Gasteiger partial charge on any atom is 0.187 e. The van der Waals surface area contributed by atoms with Gasteiger partial charge in [0, 0.05) is 29.4 Å². The number of hydrogen-bond acceptors (Lipinski definition) is 6. The van der Waals surface area contributed by atoms with Crippen molar-refractivity contribution in [1.82, 2.24) is 14.5 Å². The van der Waals surface area contributed by atoms with Gasteiger partial charge in [0.25, 0.3) is 0 Å². The molecule has 6 nitrogen and oxygen atoms in total. The number of aromatic nitrogens is 3. The van der Waals surface area contributed by atoms with Crippen molar-refractivity contribution in [3.63, 3.8) is 0 Å². The first-order valence-electron chi connectivity index (χ1n) is 9.35. The second-order valence-corrected chi connectivity index (χ2v) is 8.30. The standard InChI is InChI=1S/C22H21ClN4O2S/c1-14-11-27(13-24-14)19-8-7-17(10-20(19)29-2)25-22-26-18(21(12-28)30-22)9-15-3-5-16(23)6-4-15/h3-8,10-11,13,28H,9,12H2,1-2H3,(H,25,26). The fourth-order valence-corrected chi connectivity index (χ4v) is 4.12. The highest BCUT2D eigenvalue weighted by Gasteiger charge is 2.13. The molecule has 0 radical (unpaired) electrons. The molecule has 4 aromatic rings. The number of nitrogens with one attached hydrogen (secondary N) is 1. The summed E-state index contributed by atoms with van der Waals surface area (Å²) in [5.41, 5.74) is 4.63. The number of aliphatic hydroxyl groups excluding tert-OH is 1. The zero-order chi connectivity index (χ0) is 21.1. The Bertz CT molecular complexity index is 1150. The number of aliphatic hydroxyl groups is 1. The molecule has 0 saturated heterocycles. The molecule has 0 fully saturated rings. The molecule has 0 spiro atoms. The number of rotatable bonds is 7. The van der Waals surface area contributed by atoms with E-state index in [2.05, 4.69) is 10.3 Å². The van der Waals surface area contributed by atoms with Crippen molar-refractivity contribution in [2.24, 2.45) is 0 Å². The molecule has 0 aliphatic carbocycles. The van der Waals surface area contributed by atoms with Crippen molar-refractivity contribution in [2.75, 3.05) is 12.4 Å². The molecule has 0 aliphatic heterocycles. The van der Waals surface area contributed by atoms with Crippen molar-refractivity contribution < 1.29 is 9.84 Å². The molecule has 2 aromatic heterocycles. The van der Waals surface area contributed by atoms with Crippen molar-refractivity contribution in [3.8, 4) is 11.4 Å². The first-order valence-corrected chi connectivity index (χ1v) is 10.5. The van der Waals surface area contributed by atoms with E-state index < -0.39 is 0 Å². The first-order chi connectivity index (χ1) is 14.6. The van der Waals surface area contributed by atoms with Crippen LogP contribution in [0.15, 0.2) is 55.0 Å². The van der Waals surface area contributed by atoms with Crippen LogP contribution in [0.3, 0.4) is 0 Å². The number of benzene rings is 2. The number of hydrogen-bond donors (Lipinski definition) is 2. The van der Waals surface area contributed by atoms with Gasteiger partial charge in [0.2, 0.25) is 0 Å². The Labute approximate surface area is 183 Å². The number of aryl methyl sites for hydroxylation is 1. The summed E-state index contributed by atoms with van der Waals surface area (Å²) in [5, 5.41) is 14.5. The number of anilines is 2. The Morgan fingerprint density at radius 1 is 1.20 bits per heavy atom. The second-order valence-electron chi connectivity index (χ2n) is 6.78. The topological polar surface area (TPSA) is 72.2 Å². The number of thiazole rings is 1. The highest BCUT2D eigenvalue weighted by molar-refractivity contribution is 7.15. The summed E-state index contributed by atoms with van der Waals surface area (Å²) in [6, 6.07) is 13.5. The van der Waals surface area contributed by atoms with E-state index in [4.69, 9.17) is 21.3 Å². The zero-order valence-electron chi connectivity index (χ0n) is 16.6. The van der Waals surface area contributed by atoms with Crippen LogP contribution in [0.1, 0.15) is 21.8 Å². The zero-order valence-corrected chi connectivity index (χ0v) is 18.2. The van der Waals surface area contributed by atoms with Crippen LogP contribution in [0.2, 0.25) is 5.02 Å². The average molecular weight is 441 g/mol. The molecule has 8 heteroatoms. The molecule has 30 heavy (non-hydrogen) atoms. The van der Waals surface area contributed by atoms with E-state index in [1.54, 1.807) is 13.4 Å². The smallest absolute Gasteiger partial charge is 0.187 e. The lowest BCUT2D eigenvalue weighted by Crippen LogP contribution is -1.98. The number of imidazole rings is 1. The Morgan fingerprint density at radius 2 is 2.00 bits per heavy atom. The minimum atomic E-state index is -0.0511. The lowest BCUT2D eigenvalue weighted by Gasteiger charge is -2.11. The molecule has 0 saturated carbocycles. The van der Waals surface area contributed by atoms with Crippen LogP contribution in [0.25, 0.3) is 5.69 Å². The highest BCUT2D eigenvalue weighted by atomic mass is 35.5. The van der Waals surface area contributed by atoms with Crippen molar-refractivity contribution in [3.05, 3.63) is 81.8 Å². The van der Waals surface area contributed by atoms with E-state index >= 15 is 0 Å². The van der Waals surface area contributed by atoms with Crippen LogP contribution in [0.5, 0.6) is 5.75 Å². The maximum atomic E-state index is 9.76. The van der Waals surface area contributed by atoms with Gasteiger partial charge in [0.15, 0.2) is 5.13 Å². The van der Waals surface area contributed by atoms with E-state index in [0.29, 0.717) is 11.4 Å². The Morgan fingerprint density at radius 3 is 2.67 bits per heavy atom. The van der Waals surface area contributed by atoms with Crippen LogP contribution in [-0.2, 0) is 13.0 Å². The number of methoxy groups -OCH3 is 1. The molecule has 2 N–H and O–H groups in total. The van der Waals surface area contributed by atoms with Crippen molar-refractivity contribution >= 4 is 33.8 Å². The molecule has 0 atom stereocenters. The van der Waals surface area contributed by atoms with Crippen LogP contribution in [0.4, 0.5) is 10.8 Å². The summed E-state index contributed by atoms with van der Waals surface area (Å²) >= 11 is 7.40. The SMILES string of the molecule is COc1cc(Nc2nc(Cc3ccc(Cl)cc3)c(CO)s2)ccc1-n1cnc(C)c1. The Hall–Kier alpha value is -2.87. The van der Waals surface area contributed by atoms with Gasteiger partial charge in [-0.15, -0.1) is 0 Å². The summed E-state index contributed by atoms with van der Waals surface area (Å²) in [4.78, 5) is 9.80. The van der Waals surface area contributed by atoms with E-state index in [1.807, 2.05) is 60.2 Å². The number of ether oxygens (including phenoxy) is 1. The average Bonchev–Trinajstić information content (AvgIpc) is 3.35. The Balaban J connectivity index is 1.56. The van der Waals surface area contributed by atoms with Crippen LogP contribution >= 0.6 is 22.9 Å². The third-order valence-electron chi connectivity index (χ3n) is 4.63. The summed E-state index contributed by atoms with van der Waals surface area (Å²) in [6.45, 7) is 1.90. The second kappa shape index (κ2) is 8.87.